The molecular weight excluding hydrogens is 262 g/mol. The van der Waals surface area contributed by atoms with Crippen molar-refractivity contribution in [2.45, 2.75) is 32.4 Å². The predicted molar refractivity (Wildman–Crippen MR) is 87.0 cm³/mol. The van der Waals surface area contributed by atoms with Crippen molar-refractivity contribution in [3.05, 3.63) is 69.9 Å². The summed E-state index contributed by atoms with van der Waals surface area (Å²) in [5.74, 6) is 0. The minimum absolute atomic E-state index is 0.356. The summed E-state index contributed by atoms with van der Waals surface area (Å²) in [5, 5.41) is 2.22. The third-order valence-corrected chi connectivity index (χ3v) is 5.18. The summed E-state index contributed by atoms with van der Waals surface area (Å²) in [5.41, 5.74) is 4.19. The third kappa shape index (κ3) is 2.58. The molecule has 0 bridgehead atoms. The maximum Gasteiger partial charge on any atom is 0.0561 e. The largest absolute Gasteiger partial charge is 0.288 e. The molecule has 0 N–H and O–H groups in total. The van der Waals surface area contributed by atoms with Gasteiger partial charge < -0.3 is 0 Å². The van der Waals surface area contributed by atoms with Crippen molar-refractivity contribution >= 4 is 11.3 Å². The van der Waals surface area contributed by atoms with Crippen LogP contribution in [0.5, 0.6) is 0 Å². The van der Waals surface area contributed by atoms with Crippen LogP contribution < -0.4 is 0 Å². The van der Waals surface area contributed by atoms with Gasteiger partial charge in [0.15, 0.2) is 0 Å². The van der Waals surface area contributed by atoms with Crippen molar-refractivity contribution in [3.8, 4) is 0 Å². The molecule has 1 nitrogen and oxygen atoms in total. The van der Waals surface area contributed by atoms with Gasteiger partial charge in [0, 0.05) is 18.0 Å². The second-order valence-corrected chi connectivity index (χ2v) is 6.42. The first kappa shape index (κ1) is 13.6. The minimum Gasteiger partial charge on any atom is -0.288 e. The normalized spacial score (nSPS) is 16.6. The van der Waals surface area contributed by atoms with Gasteiger partial charge in [0.1, 0.15) is 0 Å². The molecule has 3 rings (SSSR count). The van der Waals surface area contributed by atoms with E-state index in [1.807, 2.05) is 11.3 Å². The highest BCUT2D eigenvalue weighted by Gasteiger charge is 2.26. The number of hydrogen-bond donors (Lipinski definition) is 0. The molecule has 1 atom stereocenters. The van der Waals surface area contributed by atoms with Gasteiger partial charge in [-0.1, -0.05) is 49.4 Å². The van der Waals surface area contributed by atoms with Gasteiger partial charge in [-0.05, 0) is 35.4 Å². The fourth-order valence-corrected chi connectivity index (χ4v) is 3.91. The molecule has 2 aromatic rings. The fraction of sp³-hybridized carbons (Fsp3) is 0.333. The second-order valence-electron chi connectivity index (χ2n) is 5.41. The minimum atomic E-state index is 0.356. The first-order chi connectivity index (χ1) is 9.79. The maximum atomic E-state index is 4.33. The van der Waals surface area contributed by atoms with Crippen molar-refractivity contribution in [2.75, 3.05) is 6.54 Å². The Labute approximate surface area is 125 Å². The summed E-state index contributed by atoms with van der Waals surface area (Å²) in [6, 6.07) is 13.4. The number of benzene rings is 1. The molecule has 1 aromatic carbocycles. The van der Waals surface area contributed by atoms with Crippen molar-refractivity contribution in [1.82, 2.24) is 4.90 Å². The molecule has 0 fully saturated rings. The van der Waals surface area contributed by atoms with Gasteiger partial charge in [0.05, 0.1) is 6.04 Å². The van der Waals surface area contributed by atoms with E-state index in [9.17, 15) is 0 Å². The molecule has 1 aromatic heterocycles. The summed E-state index contributed by atoms with van der Waals surface area (Å²) in [7, 11) is 0. The lowest BCUT2D eigenvalue weighted by molar-refractivity contribution is 0.203. The summed E-state index contributed by atoms with van der Waals surface area (Å²) in [4.78, 5) is 4.14. The molecule has 2 heterocycles. The van der Waals surface area contributed by atoms with Crippen LogP contribution in [0.3, 0.4) is 0 Å². The molecule has 0 saturated heterocycles. The molecule has 20 heavy (non-hydrogen) atoms. The Morgan fingerprint density at radius 3 is 2.85 bits per heavy atom. The van der Waals surface area contributed by atoms with E-state index in [0.717, 1.165) is 19.5 Å². The van der Waals surface area contributed by atoms with Crippen LogP contribution in [0.1, 0.15) is 35.4 Å². The van der Waals surface area contributed by atoms with E-state index in [-0.39, 0.29) is 0 Å². The van der Waals surface area contributed by atoms with Crippen molar-refractivity contribution in [2.24, 2.45) is 0 Å². The van der Waals surface area contributed by atoms with E-state index in [2.05, 4.69) is 60.2 Å². The van der Waals surface area contributed by atoms with Gasteiger partial charge in [0.25, 0.3) is 0 Å². The zero-order valence-electron chi connectivity index (χ0n) is 12.0. The summed E-state index contributed by atoms with van der Waals surface area (Å²) < 4.78 is 0. The van der Waals surface area contributed by atoms with Crippen LogP contribution in [0.2, 0.25) is 0 Å². The van der Waals surface area contributed by atoms with E-state index in [0.29, 0.717) is 6.04 Å². The van der Waals surface area contributed by atoms with E-state index < -0.39 is 0 Å². The smallest absolute Gasteiger partial charge is 0.0561 e. The van der Waals surface area contributed by atoms with Crippen LogP contribution in [0, 0.1) is 0 Å². The van der Waals surface area contributed by atoms with Gasteiger partial charge in [-0.2, -0.15) is 0 Å². The Morgan fingerprint density at radius 2 is 2.10 bits per heavy atom. The first-order valence-electron chi connectivity index (χ1n) is 7.31. The molecule has 2 heteroatoms. The van der Waals surface area contributed by atoms with Crippen molar-refractivity contribution in [1.29, 1.82) is 0 Å². The summed E-state index contributed by atoms with van der Waals surface area (Å²) in [6.07, 6.45) is 2.21. The number of nitrogens with zero attached hydrogens (tertiary/aromatic N) is 1. The molecule has 0 amide bonds. The second kappa shape index (κ2) is 5.94. The van der Waals surface area contributed by atoms with Crippen molar-refractivity contribution in [3.63, 3.8) is 0 Å². The van der Waals surface area contributed by atoms with Crippen molar-refractivity contribution < 1.29 is 0 Å². The molecule has 104 valence electrons. The molecule has 1 aliphatic heterocycles. The average molecular weight is 283 g/mol. The lowest BCUT2D eigenvalue weighted by Crippen LogP contribution is -2.34. The van der Waals surface area contributed by atoms with Gasteiger partial charge in [-0.25, -0.2) is 0 Å². The van der Waals surface area contributed by atoms with E-state index in [4.69, 9.17) is 0 Å². The number of thiophene rings is 1. The Hall–Kier alpha value is -1.38. The highest BCUT2D eigenvalue weighted by atomic mass is 32.1. The maximum absolute atomic E-state index is 4.33. The molecule has 1 unspecified atom stereocenters. The van der Waals surface area contributed by atoms with Crippen LogP contribution in [0.4, 0.5) is 0 Å². The molecule has 1 aliphatic rings. The predicted octanol–water partition coefficient (Wildman–Crippen LogP) is 4.81. The zero-order valence-corrected chi connectivity index (χ0v) is 12.8. The lowest BCUT2D eigenvalue weighted by Gasteiger charge is -2.36. The van der Waals surface area contributed by atoms with Crippen LogP contribution in [-0.2, 0) is 13.0 Å². The van der Waals surface area contributed by atoms with Crippen LogP contribution in [-0.4, -0.2) is 11.4 Å². The van der Waals surface area contributed by atoms with E-state index >= 15 is 0 Å². The van der Waals surface area contributed by atoms with Crippen LogP contribution >= 0.6 is 11.3 Å². The standard InChI is InChI=1S/C18H21NS/c1-3-14(2)18(15-7-5-4-6-8-15)19-11-9-17-16(13-19)10-12-20-17/h4-8,10,12,18H,2-3,9,11,13H2,1H3. The molecule has 0 aliphatic carbocycles. The molecule has 0 saturated carbocycles. The number of rotatable bonds is 4. The Kier molecular flexibility index (Phi) is 4.04. The third-order valence-electron chi connectivity index (χ3n) is 4.16. The van der Waals surface area contributed by atoms with Gasteiger partial charge in [-0.15, -0.1) is 11.3 Å². The topological polar surface area (TPSA) is 3.24 Å². The lowest BCUT2D eigenvalue weighted by atomic mass is 9.94. The monoisotopic (exact) mass is 283 g/mol. The first-order valence-corrected chi connectivity index (χ1v) is 8.19. The quantitative estimate of drug-likeness (QED) is 0.728. The molecular formula is C18H21NS. The van der Waals surface area contributed by atoms with Crippen LogP contribution in [0.25, 0.3) is 0 Å². The highest BCUT2D eigenvalue weighted by molar-refractivity contribution is 7.10. The Morgan fingerprint density at radius 1 is 1.30 bits per heavy atom. The van der Waals surface area contributed by atoms with Crippen LogP contribution in [0.15, 0.2) is 53.9 Å². The Balaban J connectivity index is 1.89. The average Bonchev–Trinajstić information content (AvgIpc) is 2.96. The molecule has 0 radical (unpaired) electrons. The van der Waals surface area contributed by atoms with E-state index in [1.165, 1.54) is 23.1 Å². The zero-order chi connectivity index (χ0) is 13.9. The fourth-order valence-electron chi connectivity index (χ4n) is 3.02. The van der Waals surface area contributed by atoms with Gasteiger partial charge >= 0.3 is 0 Å². The number of fused-ring (bicyclic) bond motifs is 1. The highest BCUT2D eigenvalue weighted by Crippen LogP contribution is 2.34. The summed E-state index contributed by atoms with van der Waals surface area (Å²) in [6.45, 7) is 8.72. The Bertz CT molecular complexity index is 584. The van der Waals surface area contributed by atoms with Gasteiger partial charge in [-0.3, -0.25) is 4.90 Å². The van der Waals surface area contributed by atoms with E-state index in [1.54, 1.807) is 4.88 Å². The SMILES string of the molecule is C=C(CC)C(c1ccccc1)N1CCc2sccc2C1. The van der Waals surface area contributed by atoms with Gasteiger partial charge in [0.2, 0.25) is 0 Å². The molecule has 0 spiro atoms. The summed E-state index contributed by atoms with van der Waals surface area (Å²) >= 11 is 1.90. The number of hydrogen-bond acceptors (Lipinski definition) is 2.